The van der Waals surface area contributed by atoms with E-state index in [0.717, 1.165) is 12.1 Å². The molecule has 1 atom stereocenters. The minimum absolute atomic E-state index is 0.149. The summed E-state index contributed by atoms with van der Waals surface area (Å²) in [6.07, 6.45) is -3.26. The van der Waals surface area contributed by atoms with Crippen molar-refractivity contribution in [3.8, 4) is 5.75 Å². The van der Waals surface area contributed by atoms with E-state index >= 15 is 0 Å². The fourth-order valence-electron chi connectivity index (χ4n) is 5.41. The van der Waals surface area contributed by atoms with Crippen LogP contribution in [0.3, 0.4) is 0 Å². The van der Waals surface area contributed by atoms with Crippen LogP contribution in [0.4, 0.5) is 22.0 Å². The Morgan fingerprint density at radius 1 is 0.974 bits per heavy atom. The number of benzene rings is 2. The Hall–Kier alpha value is -2.28. The van der Waals surface area contributed by atoms with Crippen molar-refractivity contribution in [3.63, 3.8) is 0 Å². The number of likely N-dealkylation sites (tertiary alicyclic amines) is 1. The van der Waals surface area contributed by atoms with E-state index in [4.69, 9.17) is 4.74 Å². The summed E-state index contributed by atoms with van der Waals surface area (Å²) in [7, 11) is -3.38. The van der Waals surface area contributed by atoms with Gasteiger partial charge >= 0.3 is 6.18 Å². The highest BCUT2D eigenvalue weighted by Gasteiger charge is 2.37. The first-order chi connectivity index (χ1) is 18.0. The summed E-state index contributed by atoms with van der Waals surface area (Å²) in [5.41, 5.74) is 0.485. The van der Waals surface area contributed by atoms with Crippen LogP contribution in [-0.2, 0) is 22.7 Å². The zero-order valence-corrected chi connectivity index (χ0v) is 21.5. The van der Waals surface area contributed by atoms with Crippen LogP contribution in [0.1, 0.15) is 41.9 Å². The van der Waals surface area contributed by atoms with E-state index in [1.54, 1.807) is 0 Å². The lowest BCUT2D eigenvalue weighted by Crippen LogP contribution is -2.53. The standard InChI is InChI=1S/C26H30F5N3O3S/c27-23-11-19(18-6-9-34(10-7-18)38(35,36)22-5-8-32-13-22)12-24(28)25(23)37-21-15-33(16-21)14-17-1-3-20(4-2-17)26(29,30)31/h1-4,11-12,18,21-22,32H,5-10,13-16H2. The normalized spacial score (nSPS) is 22.5. The molecule has 3 saturated heterocycles. The van der Waals surface area contributed by atoms with Crippen LogP contribution in [-0.4, -0.2) is 68.2 Å². The zero-order valence-electron chi connectivity index (χ0n) is 20.7. The average molecular weight is 560 g/mol. The summed E-state index contributed by atoms with van der Waals surface area (Å²) in [6.45, 7) is 2.98. The molecule has 0 saturated carbocycles. The van der Waals surface area contributed by atoms with Crippen LogP contribution in [0.25, 0.3) is 0 Å². The van der Waals surface area contributed by atoms with E-state index in [1.165, 1.54) is 28.6 Å². The number of ether oxygens (including phenoxy) is 1. The molecule has 0 bridgehead atoms. The predicted molar refractivity (Wildman–Crippen MR) is 131 cm³/mol. The third-order valence-electron chi connectivity index (χ3n) is 7.64. The Balaban J connectivity index is 1.13. The highest BCUT2D eigenvalue weighted by molar-refractivity contribution is 7.89. The summed E-state index contributed by atoms with van der Waals surface area (Å²) in [4.78, 5) is 1.92. The van der Waals surface area contributed by atoms with E-state index < -0.39 is 50.5 Å². The van der Waals surface area contributed by atoms with Crippen LogP contribution in [0.2, 0.25) is 0 Å². The lowest BCUT2D eigenvalue weighted by molar-refractivity contribution is -0.137. The molecule has 3 aliphatic heterocycles. The van der Waals surface area contributed by atoms with Gasteiger partial charge in [-0.25, -0.2) is 21.5 Å². The summed E-state index contributed by atoms with van der Waals surface area (Å²) in [5, 5.41) is 2.66. The second-order valence-electron chi connectivity index (χ2n) is 10.3. The molecule has 3 heterocycles. The molecule has 1 N–H and O–H groups in total. The van der Waals surface area contributed by atoms with E-state index in [1.807, 2.05) is 4.90 Å². The smallest absolute Gasteiger partial charge is 0.416 e. The van der Waals surface area contributed by atoms with E-state index in [2.05, 4.69) is 5.32 Å². The molecule has 0 radical (unpaired) electrons. The van der Waals surface area contributed by atoms with Gasteiger partial charge in [-0.15, -0.1) is 0 Å². The van der Waals surface area contributed by atoms with Gasteiger partial charge in [0.15, 0.2) is 17.4 Å². The van der Waals surface area contributed by atoms with E-state index in [-0.39, 0.29) is 5.92 Å². The second-order valence-corrected chi connectivity index (χ2v) is 12.5. The van der Waals surface area contributed by atoms with Crippen LogP contribution >= 0.6 is 0 Å². The molecule has 12 heteroatoms. The zero-order chi connectivity index (χ0) is 27.1. The van der Waals surface area contributed by atoms with Gasteiger partial charge in [-0.3, -0.25) is 4.90 Å². The van der Waals surface area contributed by atoms with Crippen molar-refractivity contribution in [2.45, 2.75) is 49.3 Å². The molecule has 1 unspecified atom stereocenters. The quantitative estimate of drug-likeness (QED) is 0.518. The first-order valence-electron chi connectivity index (χ1n) is 12.7. The van der Waals surface area contributed by atoms with Gasteiger partial charge < -0.3 is 10.1 Å². The van der Waals surface area contributed by atoms with Gasteiger partial charge in [-0.05, 0) is 67.1 Å². The van der Waals surface area contributed by atoms with Crippen molar-refractivity contribution in [1.29, 1.82) is 0 Å². The summed E-state index contributed by atoms with van der Waals surface area (Å²) in [6, 6.07) is 7.44. The molecule has 6 nitrogen and oxygen atoms in total. The highest BCUT2D eigenvalue weighted by atomic mass is 32.2. The first-order valence-corrected chi connectivity index (χ1v) is 14.2. The van der Waals surface area contributed by atoms with Gasteiger partial charge in [-0.2, -0.15) is 13.2 Å². The van der Waals surface area contributed by atoms with Crippen molar-refractivity contribution < 1.29 is 35.1 Å². The average Bonchev–Trinajstić information content (AvgIpc) is 3.40. The molecule has 0 aliphatic carbocycles. The fraction of sp³-hybridized carbons (Fsp3) is 0.538. The summed E-state index contributed by atoms with van der Waals surface area (Å²) < 4.78 is 101. The monoisotopic (exact) mass is 559 g/mol. The number of nitrogens with zero attached hydrogens (tertiary/aromatic N) is 2. The number of hydrogen-bond donors (Lipinski definition) is 1. The van der Waals surface area contributed by atoms with Crippen LogP contribution in [0.15, 0.2) is 36.4 Å². The SMILES string of the molecule is O=S(=O)(C1CCNC1)N1CCC(c2cc(F)c(OC3CN(Cc4ccc(C(F)(F)F)cc4)C3)c(F)c2)CC1. The highest BCUT2D eigenvalue weighted by Crippen LogP contribution is 2.35. The number of hydrogen-bond acceptors (Lipinski definition) is 5. The summed E-state index contributed by atoms with van der Waals surface area (Å²) in [5.74, 6) is -2.19. The topological polar surface area (TPSA) is 61.9 Å². The molecule has 5 rings (SSSR count). The number of alkyl halides is 3. The second kappa shape index (κ2) is 10.7. The lowest BCUT2D eigenvalue weighted by Gasteiger charge is -2.39. The molecular formula is C26H30F5N3O3S. The fourth-order valence-corrected chi connectivity index (χ4v) is 7.30. The predicted octanol–water partition coefficient (Wildman–Crippen LogP) is 4.12. The van der Waals surface area contributed by atoms with E-state index in [9.17, 15) is 30.4 Å². The minimum Gasteiger partial charge on any atom is -0.482 e. The van der Waals surface area contributed by atoms with Crippen molar-refractivity contribution in [3.05, 3.63) is 64.7 Å². The molecule has 3 aliphatic rings. The Kier molecular flexibility index (Phi) is 7.69. The Bertz CT molecular complexity index is 1210. The van der Waals surface area contributed by atoms with Gasteiger partial charge in [0.2, 0.25) is 10.0 Å². The molecule has 0 amide bonds. The molecule has 0 spiro atoms. The Morgan fingerprint density at radius 2 is 1.61 bits per heavy atom. The molecular weight excluding hydrogens is 529 g/mol. The minimum atomic E-state index is -4.39. The third kappa shape index (κ3) is 5.83. The molecule has 0 aromatic heterocycles. The maximum atomic E-state index is 14.9. The number of sulfonamides is 1. The van der Waals surface area contributed by atoms with Crippen molar-refractivity contribution in [2.24, 2.45) is 0 Å². The Labute approximate surface area is 218 Å². The molecule has 208 valence electrons. The molecule has 2 aromatic rings. The summed E-state index contributed by atoms with van der Waals surface area (Å²) >= 11 is 0. The van der Waals surface area contributed by atoms with E-state index in [0.29, 0.717) is 76.2 Å². The number of nitrogens with one attached hydrogen (secondary N) is 1. The maximum Gasteiger partial charge on any atom is 0.416 e. The van der Waals surface area contributed by atoms with Gasteiger partial charge in [0, 0.05) is 39.3 Å². The first kappa shape index (κ1) is 27.3. The van der Waals surface area contributed by atoms with Crippen molar-refractivity contribution in [1.82, 2.24) is 14.5 Å². The number of piperidine rings is 1. The lowest BCUT2D eigenvalue weighted by atomic mass is 9.90. The van der Waals surface area contributed by atoms with Gasteiger partial charge in [0.05, 0.1) is 10.8 Å². The third-order valence-corrected chi connectivity index (χ3v) is 9.97. The van der Waals surface area contributed by atoms with Crippen LogP contribution in [0.5, 0.6) is 5.75 Å². The Morgan fingerprint density at radius 3 is 2.16 bits per heavy atom. The number of rotatable bonds is 7. The van der Waals surface area contributed by atoms with Crippen LogP contribution in [0, 0.1) is 11.6 Å². The van der Waals surface area contributed by atoms with Crippen molar-refractivity contribution >= 4 is 10.0 Å². The molecule has 3 fully saturated rings. The van der Waals surface area contributed by atoms with Crippen molar-refractivity contribution in [2.75, 3.05) is 39.3 Å². The van der Waals surface area contributed by atoms with Gasteiger partial charge in [0.25, 0.3) is 0 Å². The largest absolute Gasteiger partial charge is 0.482 e. The van der Waals surface area contributed by atoms with Gasteiger partial charge in [0.1, 0.15) is 6.10 Å². The number of halogens is 5. The molecule has 2 aromatic carbocycles. The maximum absolute atomic E-state index is 14.9. The molecule has 38 heavy (non-hydrogen) atoms. The van der Waals surface area contributed by atoms with Crippen LogP contribution < -0.4 is 10.1 Å². The van der Waals surface area contributed by atoms with Gasteiger partial charge in [-0.1, -0.05) is 12.1 Å².